The van der Waals surface area contributed by atoms with Crippen molar-refractivity contribution in [2.75, 3.05) is 0 Å². The standard InChI is InChI=1S/C31H28N2O2/c34-31(33-20-23-9-3-1-4-10-23)19-28(29-21-32-30-14-8-7-13-27(29)30)25-15-17-26(18-16-25)35-22-24-11-5-2-6-12-24/h1-18,21,28,32H,19-20,22H2,(H,33,34)/t28-/m0/s1. The Bertz CT molecular complexity index is 1380. The van der Waals surface area contributed by atoms with Crippen LogP contribution >= 0.6 is 0 Å². The van der Waals surface area contributed by atoms with Crippen LogP contribution in [0.2, 0.25) is 0 Å². The van der Waals surface area contributed by atoms with Gasteiger partial charge in [0.1, 0.15) is 12.4 Å². The molecule has 4 aromatic carbocycles. The lowest BCUT2D eigenvalue weighted by Crippen LogP contribution is -2.25. The maximum atomic E-state index is 13.0. The van der Waals surface area contributed by atoms with E-state index in [9.17, 15) is 4.79 Å². The van der Waals surface area contributed by atoms with Gasteiger partial charge >= 0.3 is 0 Å². The first-order valence-corrected chi connectivity index (χ1v) is 11.9. The molecule has 1 amide bonds. The number of para-hydroxylation sites is 1. The summed E-state index contributed by atoms with van der Waals surface area (Å²) in [7, 11) is 0. The fourth-order valence-electron chi connectivity index (χ4n) is 4.38. The Morgan fingerprint density at radius 2 is 1.43 bits per heavy atom. The Kier molecular flexibility index (Phi) is 6.90. The minimum Gasteiger partial charge on any atom is -0.489 e. The monoisotopic (exact) mass is 460 g/mol. The largest absolute Gasteiger partial charge is 0.489 e. The number of nitrogens with one attached hydrogen (secondary N) is 2. The van der Waals surface area contributed by atoms with E-state index in [4.69, 9.17) is 4.74 Å². The topological polar surface area (TPSA) is 54.1 Å². The zero-order valence-corrected chi connectivity index (χ0v) is 19.5. The van der Waals surface area contributed by atoms with E-state index in [-0.39, 0.29) is 11.8 Å². The first-order valence-electron chi connectivity index (χ1n) is 11.9. The zero-order valence-electron chi connectivity index (χ0n) is 19.5. The summed E-state index contributed by atoms with van der Waals surface area (Å²) >= 11 is 0. The smallest absolute Gasteiger partial charge is 0.221 e. The molecule has 2 N–H and O–H groups in total. The molecule has 0 unspecified atom stereocenters. The molecule has 0 bridgehead atoms. The SMILES string of the molecule is O=C(C[C@@H](c1ccc(OCc2ccccc2)cc1)c1c[nH]c2ccccc12)NCc1ccccc1. The minimum absolute atomic E-state index is 0.0218. The van der Waals surface area contributed by atoms with Gasteiger partial charge in [-0.1, -0.05) is 91.0 Å². The Hall–Kier alpha value is -4.31. The summed E-state index contributed by atoms with van der Waals surface area (Å²) in [6.07, 6.45) is 2.39. The van der Waals surface area contributed by atoms with Crippen molar-refractivity contribution in [1.29, 1.82) is 0 Å². The van der Waals surface area contributed by atoms with Crippen molar-refractivity contribution in [1.82, 2.24) is 10.3 Å². The number of amides is 1. The van der Waals surface area contributed by atoms with E-state index in [0.717, 1.165) is 38.9 Å². The van der Waals surface area contributed by atoms with Crippen molar-refractivity contribution in [2.45, 2.75) is 25.5 Å². The summed E-state index contributed by atoms with van der Waals surface area (Å²) in [4.78, 5) is 16.4. The number of benzene rings is 4. The lowest BCUT2D eigenvalue weighted by atomic mass is 9.88. The van der Waals surface area contributed by atoms with Crippen LogP contribution < -0.4 is 10.1 Å². The maximum Gasteiger partial charge on any atom is 0.221 e. The van der Waals surface area contributed by atoms with Crippen LogP contribution in [0, 0.1) is 0 Å². The van der Waals surface area contributed by atoms with Crippen molar-refractivity contribution < 1.29 is 9.53 Å². The van der Waals surface area contributed by atoms with Crippen LogP contribution in [0.15, 0.2) is 115 Å². The number of carbonyl (C=O) groups is 1. The number of hydrogen-bond donors (Lipinski definition) is 2. The van der Waals surface area contributed by atoms with E-state index in [1.807, 2.05) is 79.0 Å². The summed E-state index contributed by atoms with van der Waals surface area (Å²) in [6, 6.07) is 36.4. The molecule has 174 valence electrons. The number of hydrogen-bond acceptors (Lipinski definition) is 2. The van der Waals surface area contributed by atoms with Crippen molar-refractivity contribution in [2.24, 2.45) is 0 Å². The second-order valence-electron chi connectivity index (χ2n) is 8.65. The van der Waals surface area contributed by atoms with Gasteiger partial charge in [0.05, 0.1) is 0 Å². The van der Waals surface area contributed by atoms with Crippen molar-refractivity contribution in [3.63, 3.8) is 0 Å². The first-order chi connectivity index (χ1) is 17.3. The number of rotatable bonds is 9. The van der Waals surface area contributed by atoms with E-state index in [0.29, 0.717) is 19.6 Å². The van der Waals surface area contributed by atoms with Crippen LogP contribution in [0.25, 0.3) is 10.9 Å². The number of aromatic nitrogens is 1. The third-order valence-corrected chi connectivity index (χ3v) is 6.25. The first kappa shape index (κ1) is 22.5. The van der Waals surface area contributed by atoms with Gasteiger partial charge in [-0.15, -0.1) is 0 Å². The average molecular weight is 461 g/mol. The van der Waals surface area contributed by atoms with Crippen LogP contribution in [0.1, 0.15) is 34.6 Å². The van der Waals surface area contributed by atoms with Gasteiger partial charge in [0, 0.05) is 36.0 Å². The van der Waals surface area contributed by atoms with Gasteiger partial charge in [-0.05, 0) is 40.5 Å². The average Bonchev–Trinajstić information content (AvgIpc) is 3.35. The highest BCUT2D eigenvalue weighted by Crippen LogP contribution is 2.34. The van der Waals surface area contributed by atoms with E-state index in [1.54, 1.807) is 0 Å². The van der Waals surface area contributed by atoms with Gasteiger partial charge in [-0.3, -0.25) is 4.79 Å². The van der Waals surface area contributed by atoms with Gasteiger partial charge < -0.3 is 15.0 Å². The third-order valence-electron chi connectivity index (χ3n) is 6.25. The number of ether oxygens (including phenoxy) is 1. The predicted octanol–water partition coefficient (Wildman–Crippen LogP) is 6.59. The number of carbonyl (C=O) groups excluding carboxylic acids is 1. The molecule has 4 nitrogen and oxygen atoms in total. The molecule has 0 aliphatic rings. The molecule has 0 aliphatic heterocycles. The van der Waals surface area contributed by atoms with Gasteiger partial charge in [0.15, 0.2) is 0 Å². The summed E-state index contributed by atoms with van der Waals surface area (Å²) in [5.74, 6) is 0.752. The zero-order chi connectivity index (χ0) is 23.9. The third kappa shape index (κ3) is 5.61. The molecule has 0 saturated heterocycles. The highest BCUT2D eigenvalue weighted by molar-refractivity contribution is 5.86. The minimum atomic E-state index is -0.0786. The molecule has 1 heterocycles. The van der Waals surface area contributed by atoms with E-state index < -0.39 is 0 Å². The molecule has 1 aromatic heterocycles. The van der Waals surface area contributed by atoms with Crippen LogP contribution in [0.3, 0.4) is 0 Å². The number of fused-ring (bicyclic) bond motifs is 1. The van der Waals surface area contributed by atoms with Crippen molar-refractivity contribution in [3.8, 4) is 5.75 Å². The van der Waals surface area contributed by atoms with Gasteiger partial charge in [0.2, 0.25) is 5.91 Å². The van der Waals surface area contributed by atoms with Crippen LogP contribution in [-0.2, 0) is 17.9 Å². The summed E-state index contributed by atoms with van der Waals surface area (Å²) in [5.41, 5.74) is 5.48. The molecule has 0 saturated carbocycles. The molecule has 0 radical (unpaired) electrons. The Morgan fingerprint density at radius 3 is 2.17 bits per heavy atom. The molecule has 1 atom stereocenters. The predicted molar refractivity (Wildman–Crippen MR) is 140 cm³/mol. The van der Waals surface area contributed by atoms with Crippen LogP contribution in [-0.4, -0.2) is 10.9 Å². The Morgan fingerprint density at radius 1 is 0.771 bits per heavy atom. The van der Waals surface area contributed by atoms with Gasteiger partial charge in [-0.2, -0.15) is 0 Å². The van der Waals surface area contributed by atoms with Crippen LogP contribution in [0.4, 0.5) is 0 Å². The molecular weight excluding hydrogens is 432 g/mol. The van der Waals surface area contributed by atoms with E-state index in [1.165, 1.54) is 0 Å². The lowest BCUT2D eigenvalue weighted by Gasteiger charge is -2.18. The molecule has 0 spiro atoms. The molecule has 5 rings (SSSR count). The fraction of sp³-hybridized carbons (Fsp3) is 0.129. The summed E-state index contributed by atoms with van der Waals surface area (Å²) in [6.45, 7) is 1.04. The molecule has 5 aromatic rings. The van der Waals surface area contributed by atoms with Gasteiger partial charge in [0.25, 0.3) is 0 Å². The highest BCUT2D eigenvalue weighted by atomic mass is 16.5. The fourth-order valence-corrected chi connectivity index (χ4v) is 4.38. The van der Waals surface area contributed by atoms with E-state index in [2.05, 4.69) is 46.7 Å². The lowest BCUT2D eigenvalue weighted by molar-refractivity contribution is -0.121. The number of H-pyrrole nitrogens is 1. The van der Waals surface area contributed by atoms with E-state index >= 15 is 0 Å². The molecular formula is C31H28N2O2. The summed E-state index contributed by atoms with van der Waals surface area (Å²) < 4.78 is 5.97. The maximum absolute atomic E-state index is 13.0. The quantitative estimate of drug-likeness (QED) is 0.261. The highest BCUT2D eigenvalue weighted by Gasteiger charge is 2.21. The Balaban J connectivity index is 1.35. The summed E-state index contributed by atoms with van der Waals surface area (Å²) in [5, 5.41) is 4.22. The van der Waals surface area contributed by atoms with Crippen molar-refractivity contribution >= 4 is 16.8 Å². The second kappa shape index (κ2) is 10.7. The molecule has 0 fully saturated rings. The Labute approximate surface area is 205 Å². The second-order valence-corrected chi connectivity index (χ2v) is 8.65. The molecule has 4 heteroatoms. The van der Waals surface area contributed by atoms with Crippen LogP contribution in [0.5, 0.6) is 5.75 Å². The number of aromatic amines is 1. The van der Waals surface area contributed by atoms with Gasteiger partial charge in [-0.25, -0.2) is 0 Å². The molecule has 35 heavy (non-hydrogen) atoms. The van der Waals surface area contributed by atoms with Crippen molar-refractivity contribution in [3.05, 3.63) is 138 Å². The normalized spacial score (nSPS) is 11.8. The molecule has 0 aliphatic carbocycles.